The Labute approximate surface area is 195 Å². The second kappa shape index (κ2) is 10.2. The quantitative estimate of drug-likeness (QED) is 0.691. The van der Waals surface area contributed by atoms with E-state index in [4.69, 9.17) is 11.6 Å². The average molecular weight is 461 g/mol. The zero-order valence-corrected chi connectivity index (χ0v) is 19.6. The number of rotatable bonds is 4. The number of carbonyl (C=O) groups is 3. The number of halogens is 1. The van der Waals surface area contributed by atoms with E-state index < -0.39 is 0 Å². The van der Waals surface area contributed by atoms with Gasteiger partial charge in [-0.15, -0.1) is 0 Å². The first-order valence-corrected chi connectivity index (χ1v) is 12.1. The largest absolute Gasteiger partial charge is 0.339 e. The number of nitrogens with zero attached hydrogens (tertiary/aromatic N) is 4. The van der Waals surface area contributed by atoms with Crippen LogP contribution >= 0.6 is 11.6 Å². The molecule has 2 heterocycles. The van der Waals surface area contributed by atoms with Gasteiger partial charge in [-0.2, -0.15) is 0 Å². The maximum atomic E-state index is 13.6. The van der Waals surface area contributed by atoms with Crippen LogP contribution in [0.15, 0.2) is 24.3 Å². The Morgan fingerprint density at radius 2 is 1.47 bits per heavy atom. The van der Waals surface area contributed by atoms with E-state index >= 15 is 0 Å². The van der Waals surface area contributed by atoms with E-state index in [0.29, 0.717) is 68.9 Å². The molecule has 32 heavy (non-hydrogen) atoms. The third-order valence-electron chi connectivity index (χ3n) is 7.20. The minimum absolute atomic E-state index is 0.00347. The smallest absolute Gasteiger partial charge is 0.253 e. The summed E-state index contributed by atoms with van der Waals surface area (Å²) in [6.45, 7) is 6.65. The van der Waals surface area contributed by atoms with E-state index in [1.54, 1.807) is 31.2 Å². The topological polar surface area (TPSA) is 64.2 Å². The number of amides is 3. The molecule has 2 saturated heterocycles. The van der Waals surface area contributed by atoms with Crippen molar-refractivity contribution in [1.29, 1.82) is 0 Å². The maximum Gasteiger partial charge on any atom is 0.253 e. The van der Waals surface area contributed by atoms with Crippen molar-refractivity contribution in [2.24, 2.45) is 5.92 Å². The van der Waals surface area contributed by atoms with Gasteiger partial charge >= 0.3 is 0 Å². The Balaban J connectivity index is 1.40. The van der Waals surface area contributed by atoms with Crippen molar-refractivity contribution in [2.75, 3.05) is 52.4 Å². The lowest BCUT2D eigenvalue weighted by Gasteiger charge is -2.44. The van der Waals surface area contributed by atoms with Crippen molar-refractivity contribution in [2.45, 2.75) is 38.6 Å². The zero-order chi connectivity index (χ0) is 22.7. The molecule has 7 nitrogen and oxygen atoms in total. The summed E-state index contributed by atoms with van der Waals surface area (Å²) in [6.07, 6.45) is 4.54. The first kappa shape index (κ1) is 23.1. The normalized spacial score (nSPS) is 21.6. The molecule has 0 N–H and O–H groups in total. The van der Waals surface area contributed by atoms with Gasteiger partial charge in [0.25, 0.3) is 5.91 Å². The van der Waals surface area contributed by atoms with Crippen LogP contribution in [0.25, 0.3) is 0 Å². The SMILES string of the molecule is CC(=O)N1CCN(C(=O)[C@@H](C2CCCC2)N2CCN(C(=O)c3cccc(Cl)c3)CC2)CC1. The number of hydrogen-bond donors (Lipinski definition) is 0. The first-order chi connectivity index (χ1) is 15.4. The van der Waals surface area contributed by atoms with Gasteiger partial charge in [0.15, 0.2) is 0 Å². The molecule has 174 valence electrons. The molecule has 0 spiro atoms. The molecule has 3 aliphatic rings. The summed E-state index contributed by atoms with van der Waals surface area (Å²) in [6, 6.07) is 6.95. The van der Waals surface area contributed by atoms with Crippen molar-refractivity contribution in [3.05, 3.63) is 34.9 Å². The van der Waals surface area contributed by atoms with Gasteiger partial charge < -0.3 is 14.7 Å². The summed E-state index contributed by atoms with van der Waals surface area (Å²) < 4.78 is 0. The molecule has 0 aromatic heterocycles. The molecule has 1 aliphatic carbocycles. The molecule has 0 bridgehead atoms. The van der Waals surface area contributed by atoms with E-state index in [9.17, 15) is 14.4 Å². The van der Waals surface area contributed by atoms with Crippen molar-refractivity contribution < 1.29 is 14.4 Å². The molecular formula is C24H33ClN4O3. The van der Waals surface area contributed by atoms with Crippen LogP contribution in [0.2, 0.25) is 5.02 Å². The Hall–Kier alpha value is -2.12. The fourth-order valence-electron chi connectivity index (χ4n) is 5.37. The van der Waals surface area contributed by atoms with Crippen LogP contribution in [0.4, 0.5) is 0 Å². The summed E-state index contributed by atoms with van der Waals surface area (Å²) in [4.78, 5) is 46.1. The third kappa shape index (κ3) is 5.09. The number of piperazine rings is 2. The molecule has 3 amide bonds. The molecule has 1 saturated carbocycles. The van der Waals surface area contributed by atoms with Crippen LogP contribution < -0.4 is 0 Å². The van der Waals surface area contributed by atoms with Crippen molar-refractivity contribution in [3.63, 3.8) is 0 Å². The van der Waals surface area contributed by atoms with Crippen LogP contribution in [0.5, 0.6) is 0 Å². The average Bonchev–Trinajstić information content (AvgIpc) is 3.33. The predicted molar refractivity (Wildman–Crippen MR) is 124 cm³/mol. The standard InChI is InChI=1S/C24H33ClN4O3/c1-18(30)26-9-13-29(14-10-26)24(32)22(19-5-2-3-6-19)27-11-15-28(16-12-27)23(31)20-7-4-8-21(25)17-20/h4,7-8,17,19,22H,2-3,5-6,9-16H2,1H3/t22-/m1/s1. The predicted octanol–water partition coefficient (Wildman–Crippen LogP) is 2.35. The lowest BCUT2D eigenvalue weighted by Crippen LogP contribution is -2.60. The highest BCUT2D eigenvalue weighted by atomic mass is 35.5. The molecule has 1 atom stereocenters. The monoisotopic (exact) mass is 460 g/mol. The van der Waals surface area contributed by atoms with Crippen LogP contribution in [-0.2, 0) is 9.59 Å². The highest BCUT2D eigenvalue weighted by molar-refractivity contribution is 6.30. The maximum absolute atomic E-state index is 13.6. The van der Waals surface area contributed by atoms with Gasteiger partial charge in [0.1, 0.15) is 0 Å². The van der Waals surface area contributed by atoms with E-state index in [0.717, 1.165) is 12.8 Å². The van der Waals surface area contributed by atoms with Crippen LogP contribution in [0.3, 0.4) is 0 Å². The van der Waals surface area contributed by atoms with Crippen molar-refractivity contribution in [1.82, 2.24) is 19.6 Å². The van der Waals surface area contributed by atoms with E-state index in [1.165, 1.54) is 12.8 Å². The molecule has 4 rings (SSSR count). The number of benzene rings is 1. The Morgan fingerprint density at radius 1 is 0.875 bits per heavy atom. The Morgan fingerprint density at radius 3 is 2.06 bits per heavy atom. The lowest BCUT2D eigenvalue weighted by atomic mass is 9.94. The summed E-state index contributed by atoms with van der Waals surface area (Å²) in [5, 5.41) is 0.561. The number of hydrogen-bond acceptors (Lipinski definition) is 4. The molecule has 0 unspecified atom stereocenters. The fourth-order valence-corrected chi connectivity index (χ4v) is 5.56. The summed E-state index contributed by atoms with van der Waals surface area (Å²) >= 11 is 6.06. The van der Waals surface area contributed by atoms with Gasteiger partial charge in [-0.05, 0) is 37.0 Å². The molecule has 2 aliphatic heterocycles. The van der Waals surface area contributed by atoms with Crippen molar-refractivity contribution in [3.8, 4) is 0 Å². The second-order valence-corrected chi connectivity index (χ2v) is 9.60. The first-order valence-electron chi connectivity index (χ1n) is 11.8. The van der Waals surface area contributed by atoms with Gasteiger partial charge in [-0.25, -0.2) is 0 Å². The minimum atomic E-state index is -0.121. The highest BCUT2D eigenvalue weighted by Crippen LogP contribution is 2.32. The molecule has 1 aromatic rings. The third-order valence-corrected chi connectivity index (χ3v) is 7.44. The second-order valence-electron chi connectivity index (χ2n) is 9.16. The van der Waals surface area contributed by atoms with Gasteiger partial charge in [0.05, 0.1) is 6.04 Å². The fraction of sp³-hybridized carbons (Fsp3) is 0.625. The van der Waals surface area contributed by atoms with E-state index in [-0.39, 0.29) is 23.8 Å². The van der Waals surface area contributed by atoms with Crippen LogP contribution in [0, 0.1) is 5.92 Å². The molecule has 8 heteroatoms. The van der Waals surface area contributed by atoms with E-state index in [1.807, 2.05) is 14.7 Å². The Bertz CT molecular complexity index is 841. The van der Waals surface area contributed by atoms with Crippen LogP contribution in [0.1, 0.15) is 43.0 Å². The molecule has 3 fully saturated rings. The molecule has 1 aromatic carbocycles. The molecular weight excluding hydrogens is 428 g/mol. The van der Waals surface area contributed by atoms with Gasteiger partial charge in [0.2, 0.25) is 11.8 Å². The molecule has 0 radical (unpaired) electrons. The highest BCUT2D eigenvalue weighted by Gasteiger charge is 2.40. The lowest BCUT2D eigenvalue weighted by molar-refractivity contribution is -0.144. The summed E-state index contributed by atoms with van der Waals surface area (Å²) in [5.74, 6) is 0.652. The summed E-state index contributed by atoms with van der Waals surface area (Å²) in [7, 11) is 0. The van der Waals surface area contributed by atoms with Crippen molar-refractivity contribution >= 4 is 29.3 Å². The van der Waals surface area contributed by atoms with E-state index in [2.05, 4.69) is 4.90 Å². The van der Waals surface area contributed by atoms with Gasteiger partial charge in [0, 0.05) is 69.9 Å². The minimum Gasteiger partial charge on any atom is -0.339 e. The number of carbonyl (C=O) groups excluding carboxylic acids is 3. The van der Waals surface area contributed by atoms with Gasteiger partial charge in [-0.1, -0.05) is 30.5 Å². The zero-order valence-electron chi connectivity index (χ0n) is 18.8. The summed E-state index contributed by atoms with van der Waals surface area (Å²) in [5.41, 5.74) is 0.609. The Kier molecular flexibility index (Phi) is 7.36. The van der Waals surface area contributed by atoms with Crippen LogP contribution in [-0.4, -0.2) is 95.7 Å². The van der Waals surface area contributed by atoms with Gasteiger partial charge in [-0.3, -0.25) is 19.3 Å².